The average Bonchev–Trinajstić information content (AvgIpc) is 2.96. The van der Waals surface area contributed by atoms with E-state index in [2.05, 4.69) is 23.8 Å². The van der Waals surface area contributed by atoms with Crippen molar-refractivity contribution < 1.29 is 14.2 Å². The number of hydrogen-bond acceptors (Lipinski definition) is 6. The van der Waals surface area contributed by atoms with Crippen molar-refractivity contribution in [3.05, 3.63) is 48.5 Å². The van der Waals surface area contributed by atoms with Gasteiger partial charge in [-0.25, -0.2) is 4.98 Å². The number of unbranched alkanes of at least 4 members (excludes halogenated alkanes) is 10. The van der Waals surface area contributed by atoms with Crippen LogP contribution in [0.1, 0.15) is 90.9 Å². The van der Waals surface area contributed by atoms with E-state index in [0.29, 0.717) is 30.6 Å². The van der Waals surface area contributed by atoms with Gasteiger partial charge in [0.1, 0.15) is 0 Å². The molecule has 1 aromatic heterocycles. The molecule has 1 heterocycles. The van der Waals surface area contributed by atoms with Gasteiger partial charge in [-0.1, -0.05) is 114 Å². The van der Waals surface area contributed by atoms with Crippen LogP contribution in [0.4, 0.5) is 0 Å². The molecular formula is C32H45N3O3. The summed E-state index contributed by atoms with van der Waals surface area (Å²) < 4.78 is 18.1. The van der Waals surface area contributed by atoms with E-state index in [1.54, 1.807) is 7.11 Å². The molecular weight excluding hydrogens is 474 g/mol. The quantitative estimate of drug-likeness (QED) is 0.148. The third-order valence-electron chi connectivity index (χ3n) is 6.55. The predicted molar refractivity (Wildman–Crippen MR) is 155 cm³/mol. The molecule has 0 spiro atoms. The van der Waals surface area contributed by atoms with Crippen LogP contribution < -0.4 is 14.2 Å². The van der Waals surface area contributed by atoms with Crippen LogP contribution in [0.5, 0.6) is 17.5 Å². The first kappa shape index (κ1) is 29.4. The standard InChI is InChI=1S/C32H45N3O3/c1-4-6-8-10-12-17-24-37-28-23-19-22-27(29(28)38-25-18-13-11-9-7-5-2)31-33-30(34-32(35-31)36-3)26-20-15-14-16-21-26/h14-16,19-23H,4-13,17-18,24-25H2,1-3H3. The van der Waals surface area contributed by atoms with Gasteiger partial charge in [-0.2, -0.15) is 9.97 Å². The number of hydrogen-bond donors (Lipinski definition) is 0. The Kier molecular flexibility index (Phi) is 13.4. The molecule has 6 heteroatoms. The highest BCUT2D eigenvalue weighted by Gasteiger charge is 2.18. The maximum Gasteiger partial charge on any atom is 0.320 e. The smallest absolute Gasteiger partial charge is 0.320 e. The lowest BCUT2D eigenvalue weighted by molar-refractivity contribution is 0.259. The van der Waals surface area contributed by atoms with Gasteiger partial charge in [-0.05, 0) is 25.0 Å². The zero-order chi connectivity index (χ0) is 26.8. The second-order valence-corrected chi connectivity index (χ2v) is 9.70. The summed E-state index contributed by atoms with van der Waals surface area (Å²) in [5, 5.41) is 0. The first-order chi connectivity index (χ1) is 18.8. The van der Waals surface area contributed by atoms with Crippen LogP contribution in [-0.4, -0.2) is 35.3 Å². The van der Waals surface area contributed by atoms with Gasteiger partial charge in [0.15, 0.2) is 23.1 Å². The number of para-hydroxylation sites is 1. The molecule has 0 aliphatic heterocycles. The monoisotopic (exact) mass is 519 g/mol. The fraction of sp³-hybridized carbons (Fsp3) is 0.531. The fourth-order valence-electron chi connectivity index (χ4n) is 4.36. The van der Waals surface area contributed by atoms with Crippen molar-refractivity contribution in [2.45, 2.75) is 90.9 Å². The van der Waals surface area contributed by atoms with Crippen molar-refractivity contribution in [2.75, 3.05) is 20.3 Å². The van der Waals surface area contributed by atoms with Crippen molar-refractivity contribution in [2.24, 2.45) is 0 Å². The van der Waals surface area contributed by atoms with Crippen molar-refractivity contribution in [3.8, 4) is 40.3 Å². The van der Waals surface area contributed by atoms with Crippen molar-refractivity contribution >= 4 is 0 Å². The van der Waals surface area contributed by atoms with Crippen LogP contribution in [0.3, 0.4) is 0 Å². The molecule has 0 fully saturated rings. The lowest BCUT2D eigenvalue weighted by Gasteiger charge is -2.17. The third kappa shape index (κ3) is 9.62. The minimum atomic E-state index is 0.272. The van der Waals surface area contributed by atoms with Gasteiger partial charge in [0.2, 0.25) is 0 Å². The normalized spacial score (nSPS) is 10.9. The SMILES string of the molecule is CCCCCCCCOc1cccc(-c2nc(OC)nc(-c3ccccc3)n2)c1OCCCCCCCC. The van der Waals surface area contributed by atoms with Crippen molar-refractivity contribution in [1.29, 1.82) is 0 Å². The van der Waals surface area contributed by atoms with Gasteiger partial charge >= 0.3 is 6.01 Å². The zero-order valence-electron chi connectivity index (χ0n) is 23.6. The van der Waals surface area contributed by atoms with Gasteiger partial charge < -0.3 is 14.2 Å². The summed E-state index contributed by atoms with van der Waals surface area (Å²) in [5.74, 6) is 2.51. The van der Waals surface area contributed by atoms with Gasteiger partial charge in [0.05, 0.1) is 25.9 Å². The molecule has 0 bridgehead atoms. The lowest BCUT2D eigenvalue weighted by atomic mass is 10.1. The largest absolute Gasteiger partial charge is 0.490 e. The fourth-order valence-corrected chi connectivity index (χ4v) is 4.36. The van der Waals surface area contributed by atoms with Crippen molar-refractivity contribution in [1.82, 2.24) is 15.0 Å². The molecule has 0 saturated carbocycles. The van der Waals surface area contributed by atoms with E-state index in [9.17, 15) is 0 Å². The molecule has 0 N–H and O–H groups in total. The number of benzene rings is 2. The van der Waals surface area contributed by atoms with Gasteiger partial charge in [-0.3, -0.25) is 0 Å². The van der Waals surface area contributed by atoms with E-state index in [1.165, 1.54) is 57.8 Å². The molecule has 0 saturated heterocycles. The van der Waals surface area contributed by atoms with E-state index in [-0.39, 0.29) is 6.01 Å². The molecule has 0 unspecified atom stereocenters. The van der Waals surface area contributed by atoms with Crippen molar-refractivity contribution in [3.63, 3.8) is 0 Å². The maximum absolute atomic E-state index is 6.39. The molecule has 206 valence electrons. The summed E-state index contributed by atoms with van der Waals surface area (Å²) in [6, 6.07) is 16.1. The predicted octanol–water partition coefficient (Wildman–Crippen LogP) is 8.69. The number of aromatic nitrogens is 3. The Morgan fingerprint density at radius 3 is 1.84 bits per heavy atom. The third-order valence-corrected chi connectivity index (χ3v) is 6.55. The van der Waals surface area contributed by atoms with E-state index < -0.39 is 0 Å². The highest BCUT2D eigenvalue weighted by molar-refractivity contribution is 5.70. The molecule has 2 aromatic carbocycles. The Balaban J connectivity index is 1.80. The number of nitrogens with zero attached hydrogens (tertiary/aromatic N) is 3. The molecule has 0 amide bonds. The molecule has 3 aromatic rings. The minimum Gasteiger partial charge on any atom is -0.490 e. The number of rotatable bonds is 19. The van der Waals surface area contributed by atoms with E-state index >= 15 is 0 Å². The molecule has 0 radical (unpaired) electrons. The molecule has 3 rings (SSSR count). The van der Waals surface area contributed by atoms with Crippen LogP contribution >= 0.6 is 0 Å². The summed E-state index contributed by atoms with van der Waals surface area (Å²) in [5.41, 5.74) is 1.69. The first-order valence-corrected chi connectivity index (χ1v) is 14.5. The Labute approximate surface area is 229 Å². The minimum absolute atomic E-state index is 0.272. The lowest BCUT2D eigenvalue weighted by Crippen LogP contribution is -2.06. The molecule has 0 aliphatic rings. The summed E-state index contributed by atoms with van der Waals surface area (Å²) in [6.45, 7) is 5.78. The van der Waals surface area contributed by atoms with Gasteiger partial charge in [0, 0.05) is 5.56 Å². The molecule has 0 aliphatic carbocycles. The van der Waals surface area contributed by atoms with E-state index in [1.807, 2.05) is 48.5 Å². The van der Waals surface area contributed by atoms with E-state index in [4.69, 9.17) is 19.2 Å². The van der Waals surface area contributed by atoms with Crippen LogP contribution in [-0.2, 0) is 0 Å². The molecule has 38 heavy (non-hydrogen) atoms. The second kappa shape index (κ2) is 17.4. The summed E-state index contributed by atoms with van der Waals surface area (Å²) in [7, 11) is 1.57. The Morgan fingerprint density at radius 2 is 1.18 bits per heavy atom. The highest BCUT2D eigenvalue weighted by atomic mass is 16.5. The van der Waals surface area contributed by atoms with Gasteiger partial charge in [-0.15, -0.1) is 0 Å². The topological polar surface area (TPSA) is 66.4 Å². The molecule has 0 atom stereocenters. The van der Waals surface area contributed by atoms with Crippen LogP contribution in [0.25, 0.3) is 22.8 Å². The second-order valence-electron chi connectivity index (χ2n) is 9.70. The summed E-state index contributed by atoms with van der Waals surface area (Å²) >= 11 is 0. The van der Waals surface area contributed by atoms with Gasteiger partial charge in [0.25, 0.3) is 0 Å². The Morgan fingerprint density at radius 1 is 0.579 bits per heavy atom. The van der Waals surface area contributed by atoms with Crippen LogP contribution in [0, 0.1) is 0 Å². The summed E-state index contributed by atoms with van der Waals surface area (Å²) in [4.78, 5) is 13.9. The zero-order valence-corrected chi connectivity index (χ0v) is 23.6. The Bertz CT molecular complexity index is 1060. The number of methoxy groups -OCH3 is 1. The molecule has 6 nitrogen and oxygen atoms in total. The Hall–Kier alpha value is -3.15. The summed E-state index contributed by atoms with van der Waals surface area (Å²) in [6.07, 6.45) is 14.6. The average molecular weight is 520 g/mol. The van der Waals surface area contributed by atoms with Crippen LogP contribution in [0.2, 0.25) is 0 Å². The van der Waals surface area contributed by atoms with E-state index in [0.717, 1.165) is 36.1 Å². The maximum atomic E-state index is 6.39. The first-order valence-electron chi connectivity index (χ1n) is 14.5. The number of ether oxygens (including phenoxy) is 3. The highest BCUT2D eigenvalue weighted by Crippen LogP contribution is 2.38. The van der Waals surface area contributed by atoms with Crippen LogP contribution in [0.15, 0.2) is 48.5 Å².